The van der Waals surface area contributed by atoms with Crippen molar-refractivity contribution in [2.24, 2.45) is 0 Å². The fraction of sp³-hybridized carbons (Fsp3) is 0.138. The van der Waals surface area contributed by atoms with Crippen LogP contribution in [0.5, 0.6) is 0 Å². The topological polar surface area (TPSA) is 53.1 Å². The van der Waals surface area contributed by atoms with Crippen LogP contribution in [0.4, 0.5) is 0 Å². The van der Waals surface area contributed by atoms with Gasteiger partial charge in [0.05, 0.1) is 5.56 Å². The molecule has 0 amide bonds. The van der Waals surface area contributed by atoms with Gasteiger partial charge in [-0.05, 0) is 87.0 Å². The van der Waals surface area contributed by atoms with Crippen LogP contribution < -0.4 is 0 Å². The highest BCUT2D eigenvalue weighted by atomic mass is 16.4. The van der Waals surface area contributed by atoms with Crippen LogP contribution in [0.15, 0.2) is 79.0 Å². The number of rotatable bonds is 4. The molecule has 5 rings (SSSR count). The predicted molar refractivity (Wildman–Crippen MR) is 132 cm³/mol. The molecule has 0 bridgehead atoms. The molecule has 3 heteroatoms. The van der Waals surface area contributed by atoms with Crippen molar-refractivity contribution in [1.82, 2.24) is 4.98 Å². The number of benzene rings is 3. The maximum Gasteiger partial charge on any atom is 0.335 e. The van der Waals surface area contributed by atoms with E-state index in [1.54, 1.807) is 12.1 Å². The van der Waals surface area contributed by atoms with E-state index in [1.165, 1.54) is 27.6 Å². The molecule has 0 saturated heterocycles. The summed E-state index contributed by atoms with van der Waals surface area (Å²) in [5.74, 6) is -0.907. The van der Waals surface area contributed by atoms with Gasteiger partial charge in [0.2, 0.25) is 0 Å². The van der Waals surface area contributed by atoms with Crippen LogP contribution in [0.3, 0.4) is 0 Å². The Labute approximate surface area is 187 Å². The standard InChI is InChI=1S/C29H25NO2/c1-29(2)15-13-24(22-10-12-27-23(18-22)14-16-30-27)25-17-20(7-11-26(25)29)4-3-19-5-8-21(9-6-19)28(31)32/h3-14,16-18,30H,15H2,1-2H3,(H,31,32)/b4-3+. The second kappa shape index (κ2) is 7.69. The SMILES string of the molecule is CC1(C)CC=C(c2ccc3[nH]ccc3c2)c2cc(/C=C/c3ccc(C(=O)O)cc3)ccc21. The quantitative estimate of drug-likeness (QED) is 0.345. The number of carbonyl (C=O) groups is 1. The second-order valence-corrected chi connectivity index (χ2v) is 9.05. The molecule has 3 nitrogen and oxygen atoms in total. The van der Waals surface area contributed by atoms with Crippen LogP contribution >= 0.6 is 0 Å². The van der Waals surface area contributed by atoms with Gasteiger partial charge in [-0.3, -0.25) is 0 Å². The highest BCUT2D eigenvalue weighted by Crippen LogP contribution is 2.42. The number of nitrogens with one attached hydrogen (secondary N) is 1. The molecule has 0 atom stereocenters. The third kappa shape index (κ3) is 3.67. The lowest BCUT2D eigenvalue weighted by atomic mass is 9.72. The summed E-state index contributed by atoms with van der Waals surface area (Å²) < 4.78 is 0. The van der Waals surface area contributed by atoms with Gasteiger partial charge in [0, 0.05) is 11.7 Å². The van der Waals surface area contributed by atoms with E-state index in [-0.39, 0.29) is 5.41 Å². The van der Waals surface area contributed by atoms with Crippen molar-refractivity contribution in [1.29, 1.82) is 0 Å². The molecule has 158 valence electrons. The average molecular weight is 420 g/mol. The Kier molecular flexibility index (Phi) is 4.82. The summed E-state index contributed by atoms with van der Waals surface area (Å²) in [4.78, 5) is 14.3. The van der Waals surface area contributed by atoms with Crippen LogP contribution in [0.1, 0.15) is 58.4 Å². The molecule has 1 aromatic heterocycles. The van der Waals surface area contributed by atoms with Crippen LogP contribution in [0, 0.1) is 0 Å². The molecular weight excluding hydrogens is 394 g/mol. The molecule has 0 radical (unpaired) electrons. The van der Waals surface area contributed by atoms with Gasteiger partial charge < -0.3 is 10.1 Å². The first kappa shape index (κ1) is 20.1. The molecule has 2 N–H and O–H groups in total. The molecule has 1 heterocycles. The zero-order valence-electron chi connectivity index (χ0n) is 18.2. The lowest BCUT2D eigenvalue weighted by Gasteiger charge is -2.32. The van der Waals surface area contributed by atoms with Crippen molar-refractivity contribution in [3.63, 3.8) is 0 Å². The van der Waals surface area contributed by atoms with Crippen molar-refractivity contribution in [3.05, 3.63) is 112 Å². The summed E-state index contributed by atoms with van der Waals surface area (Å²) in [5, 5.41) is 10.3. The normalized spacial score (nSPS) is 15.0. The lowest BCUT2D eigenvalue weighted by Crippen LogP contribution is -2.21. The smallest absolute Gasteiger partial charge is 0.335 e. The molecule has 4 aromatic rings. The van der Waals surface area contributed by atoms with E-state index < -0.39 is 5.97 Å². The first-order valence-electron chi connectivity index (χ1n) is 10.8. The van der Waals surface area contributed by atoms with Crippen molar-refractivity contribution < 1.29 is 9.90 Å². The summed E-state index contributed by atoms with van der Waals surface area (Å²) in [6, 6.07) is 22.3. The second-order valence-electron chi connectivity index (χ2n) is 9.05. The highest BCUT2D eigenvalue weighted by Gasteiger charge is 2.28. The van der Waals surface area contributed by atoms with Crippen LogP contribution in [0.2, 0.25) is 0 Å². The minimum atomic E-state index is -0.907. The molecule has 32 heavy (non-hydrogen) atoms. The van der Waals surface area contributed by atoms with Gasteiger partial charge in [-0.1, -0.05) is 62.4 Å². The Bertz CT molecular complexity index is 1380. The van der Waals surface area contributed by atoms with E-state index >= 15 is 0 Å². The van der Waals surface area contributed by atoms with Crippen molar-refractivity contribution >= 4 is 34.6 Å². The maximum atomic E-state index is 11.1. The largest absolute Gasteiger partial charge is 0.478 e. The zero-order chi connectivity index (χ0) is 22.3. The Morgan fingerprint density at radius 3 is 2.47 bits per heavy atom. The molecule has 0 aliphatic heterocycles. The molecule has 1 aliphatic rings. The predicted octanol–water partition coefficient (Wildman–Crippen LogP) is 7.15. The maximum absolute atomic E-state index is 11.1. The fourth-order valence-corrected chi connectivity index (χ4v) is 4.48. The van der Waals surface area contributed by atoms with Crippen LogP contribution in [0.25, 0.3) is 28.6 Å². The first-order chi connectivity index (χ1) is 15.4. The zero-order valence-corrected chi connectivity index (χ0v) is 18.2. The van der Waals surface area contributed by atoms with Gasteiger partial charge in [0.15, 0.2) is 0 Å². The number of aromatic nitrogens is 1. The van der Waals surface area contributed by atoms with E-state index in [2.05, 4.69) is 73.4 Å². The van der Waals surface area contributed by atoms with E-state index in [4.69, 9.17) is 5.11 Å². The van der Waals surface area contributed by atoms with Crippen LogP contribution in [-0.4, -0.2) is 16.1 Å². The summed E-state index contributed by atoms with van der Waals surface area (Å²) in [5.41, 5.74) is 8.79. The number of hydrogen-bond donors (Lipinski definition) is 2. The molecule has 1 aliphatic carbocycles. The van der Waals surface area contributed by atoms with Gasteiger partial charge in [0.1, 0.15) is 0 Å². The molecular formula is C29H25NO2. The molecule has 0 fully saturated rings. The van der Waals surface area contributed by atoms with Gasteiger partial charge in [0.25, 0.3) is 0 Å². The summed E-state index contributed by atoms with van der Waals surface area (Å²) in [6.07, 6.45) is 9.47. The molecule has 0 spiro atoms. The summed E-state index contributed by atoms with van der Waals surface area (Å²) in [6.45, 7) is 4.60. The van der Waals surface area contributed by atoms with Gasteiger partial charge >= 0.3 is 5.97 Å². The number of H-pyrrole nitrogens is 1. The monoisotopic (exact) mass is 419 g/mol. The van der Waals surface area contributed by atoms with E-state index in [0.29, 0.717) is 5.56 Å². The summed E-state index contributed by atoms with van der Waals surface area (Å²) in [7, 11) is 0. The van der Waals surface area contributed by atoms with Gasteiger partial charge in [-0.15, -0.1) is 0 Å². The highest BCUT2D eigenvalue weighted by molar-refractivity contribution is 5.91. The number of carboxylic acids is 1. The summed E-state index contributed by atoms with van der Waals surface area (Å²) >= 11 is 0. The van der Waals surface area contributed by atoms with Crippen molar-refractivity contribution in [3.8, 4) is 0 Å². The average Bonchev–Trinajstić information content (AvgIpc) is 3.26. The fourth-order valence-electron chi connectivity index (χ4n) is 4.48. The molecule has 0 unspecified atom stereocenters. The number of allylic oxidation sites excluding steroid dienone is 1. The van der Waals surface area contributed by atoms with E-state index in [1.807, 2.05) is 24.4 Å². The van der Waals surface area contributed by atoms with Gasteiger partial charge in [-0.2, -0.15) is 0 Å². The minimum Gasteiger partial charge on any atom is -0.478 e. The third-order valence-electron chi connectivity index (χ3n) is 6.37. The van der Waals surface area contributed by atoms with Gasteiger partial charge in [-0.25, -0.2) is 4.79 Å². The Balaban J connectivity index is 1.52. The first-order valence-corrected chi connectivity index (χ1v) is 10.8. The van der Waals surface area contributed by atoms with E-state index in [9.17, 15) is 4.79 Å². The Morgan fingerprint density at radius 2 is 1.69 bits per heavy atom. The van der Waals surface area contributed by atoms with Crippen molar-refractivity contribution in [2.75, 3.05) is 0 Å². The Morgan fingerprint density at radius 1 is 0.938 bits per heavy atom. The number of aromatic amines is 1. The molecule has 0 saturated carbocycles. The number of aromatic carboxylic acids is 1. The third-order valence-corrected chi connectivity index (χ3v) is 6.37. The molecule has 3 aromatic carbocycles. The minimum absolute atomic E-state index is 0.0892. The Hall–Kier alpha value is -3.85. The number of hydrogen-bond acceptors (Lipinski definition) is 1. The number of fused-ring (bicyclic) bond motifs is 2. The van der Waals surface area contributed by atoms with Crippen LogP contribution in [-0.2, 0) is 5.41 Å². The lowest BCUT2D eigenvalue weighted by molar-refractivity contribution is 0.0697. The number of carboxylic acid groups (broad SMARTS) is 1. The van der Waals surface area contributed by atoms with Crippen molar-refractivity contribution in [2.45, 2.75) is 25.7 Å². The van der Waals surface area contributed by atoms with E-state index in [0.717, 1.165) is 23.1 Å².